The van der Waals surface area contributed by atoms with Crippen LogP contribution in [0.2, 0.25) is 0 Å². The van der Waals surface area contributed by atoms with Gasteiger partial charge >= 0.3 is 0 Å². The Bertz CT molecular complexity index is 320. The summed E-state index contributed by atoms with van der Waals surface area (Å²) in [6, 6.07) is 9.71. The lowest BCUT2D eigenvalue weighted by atomic mass is 10.1. The standard InChI is InChI=1S/C15H26N2/c1-12(2)17-11-14(4)16-10-9-15-8-6-5-7-13(15)3/h5-8,12,14,16-17H,9-11H2,1-4H3. The van der Waals surface area contributed by atoms with Gasteiger partial charge in [-0.1, -0.05) is 38.1 Å². The van der Waals surface area contributed by atoms with Crippen LogP contribution in [0.15, 0.2) is 24.3 Å². The van der Waals surface area contributed by atoms with Crippen LogP contribution in [0, 0.1) is 6.92 Å². The second-order valence-corrected chi connectivity index (χ2v) is 5.09. The average Bonchev–Trinajstić information content (AvgIpc) is 2.29. The largest absolute Gasteiger partial charge is 0.313 e. The van der Waals surface area contributed by atoms with Gasteiger partial charge in [-0.2, -0.15) is 0 Å². The van der Waals surface area contributed by atoms with Crippen molar-refractivity contribution in [3.63, 3.8) is 0 Å². The second-order valence-electron chi connectivity index (χ2n) is 5.09. The van der Waals surface area contributed by atoms with Crippen molar-refractivity contribution in [3.05, 3.63) is 35.4 Å². The first kappa shape index (κ1) is 14.2. The van der Waals surface area contributed by atoms with Crippen LogP contribution in [0.25, 0.3) is 0 Å². The Morgan fingerprint density at radius 2 is 1.76 bits per heavy atom. The van der Waals surface area contributed by atoms with Crippen LogP contribution in [0.3, 0.4) is 0 Å². The molecular formula is C15H26N2. The maximum Gasteiger partial charge on any atom is 0.0164 e. The van der Waals surface area contributed by atoms with E-state index >= 15 is 0 Å². The van der Waals surface area contributed by atoms with Gasteiger partial charge in [0.2, 0.25) is 0 Å². The monoisotopic (exact) mass is 234 g/mol. The summed E-state index contributed by atoms with van der Waals surface area (Å²) in [6.45, 7) is 10.9. The van der Waals surface area contributed by atoms with Crippen LogP contribution in [-0.4, -0.2) is 25.2 Å². The Morgan fingerprint density at radius 1 is 1.06 bits per heavy atom. The van der Waals surface area contributed by atoms with E-state index in [4.69, 9.17) is 0 Å². The topological polar surface area (TPSA) is 24.1 Å². The molecule has 1 rings (SSSR count). The summed E-state index contributed by atoms with van der Waals surface area (Å²) in [5.41, 5.74) is 2.84. The van der Waals surface area contributed by atoms with Gasteiger partial charge in [0.05, 0.1) is 0 Å². The molecule has 2 N–H and O–H groups in total. The minimum absolute atomic E-state index is 0.529. The van der Waals surface area contributed by atoms with E-state index in [-0.39, 0.29) is 0 Å². The molecule has 2 nitrogen and oxygen atoms in total. The van der Waals surface area contributed by atoms with E-state index in [9.17, 15) is 0 Å². The third-order valence-electron chi connectivity index (χ3n) is 2.98. The van der Waals surface area contributed by atoms with Crippen LogP contribution in [0.5, 0.6) is 0 Å². The minimum atomic E-state index is 0.529. The first-order valence-corrected chi connectivity index (χ1v) is 6.61. The van der Waals surface area contributed by atoms with Crippen molar-refractivity contribution >= 4 is 0 Å². The molecule has 96 valence electrons. The molecule has 17 heavy (non-hydrogen) atoms. The van der Waals surface area contributed by atoms with Gasteiger partial charge in [0.15, 0.2) is 0 Å². The maximum atomic E-state index is 3.55. The Balaban J connectivity index is 2.21. The van der Waals surface area contributed by atoms with Gasteiger partial charge < -0.3 is 10.6 Å². The molecule has 0 saturated heterocycles. The molecule has 0 aromatic heterocycles. The third-order valence-corrected chi connectivity index (χ3v) is 2.98. The zero-order chi connectivity index (χ0) is 12.7. The molecule has 1 unspecified atom stereocenters. The number of nitrogens with one attached hydrogen (secondary N) is 2. The Labute approximate surface area is 106 Å². The fourth-order valence-corrected chi connectivity index (χ4v) is 1.83. The highest BCUT2D eigenvalue weighted by Crippen LogP contribution is 2.06. The Morgan fingerprint density at radius 3 is 2.41 bits per heavy atom. The summed E-state index contributed by atoms with van der Waals surface area (Å²) in [6.07, 6.45) is 1.11. The van der Waals surface area contributed by atoms with Gasteiger partial charge in [0, 0.05) is 18.6 Å². The maximum absolute atomic E-state index is 3.55. The van der Waals surface area contributed by atoms with Crippen LogP contribution < -0.4 is 10.6 Å². The van der Waals surface area contributed by atoms with Crippen molar-refractivity contribution in [2.45, 2.75) is 46.2 Å². The molecular weight excluding hydrogens is 208 g/mol. The van der Waals surface area contributed by atoms with Crippen molar-refractivity contribution in [3.8, 4) is 0 Å². The van der Waals surface area contributed by atoms with Crippen LogP contribution >= 0.6 is 0 Å². The lowest BCUT2D eigenvalue weighted by Gasteiger charge is -2.16. The molecule has 2 heteroatoms. The van der Waals surface area contributed by atoms with E-state index in [0.717, 1.165) is 19.5 Å². The summed E-state index contributed by atoms with van der Waals surface area (Å²) in [5.74, 6) is 0. The third kappa shape index (κ3) is 5.85. The predicted octanol–water partition coefficient (Wildman–Crippen LogP) is 2.51. The number of hydrogen-bond donors (Lipinski definition) is 2. The number of rotatable bonds is 7. The molecule has 1 atom stereocenters. The second kappa shape index (κ2) is 7.46. The Kier molecular flexibility index (Phi) is 6.23. The van der Waals surface area contributed by atoms with Gasteiger partial charge in [0.25, 0.3) is 0 Å². The lowest BCUT2D eigenvalue weighted by Crippen LogP contribution is -2.39. The fourth-order valence-electron chi connectivity index (χ4n) is 1.83. The molecule has 0 saturated carbocycles. The van der Waals surface area contributed by atoms with E-state index < -0.39 is 0 Å². The van der Waals surface area contributed by atoms with Gasteiger partial charge in [-0.3, -0.25) is 0 Å². The first-order valence-electron chi connectivity index (χ1n) is 6.61. The number of hydrogen-bond acceptors (Lipinski definition) is 2. The van der Waals surface area contributed by atoms with Crippen molar-refractivity contribution in [2.24, 2.45) is 0 Å². The smallest absolute Gasteiger partial charge is 0.0164 e. The molecule has 1 aromatic carbocycles. The van der Waals surface area contributed by atoms with E-state index in [1.165, 1.54) is 11.1 Å². The molecule has 0 aliphatic rings. The minimum Gasteiger partial charge on any atom is -0.313 e. The van der Waals surface area contributed by atoms with Crippen molar-refractivity contribution in [1.82, 2.24) is 10.6 Å². The molecule has 0 aliphatic heterocycles. The molecule has 1 aromatic rings. The summed E-state index contributed by atoms with van der Waals surface area (Å²) in [5, 5.41) is 6.99. The number of aryl methyl sites for hydroxylation is 1. The number of benzene rings is 1. The van der Waals surface area contributed by atoms with Crippen LogP contribution in [-0.2, 0) is 6.42 Å². The van der Waals surface area contributed by atoms with E-state index in [1.54, 1.807) is 0 Å². The van der Waals surface area contributed by atoms with Crippen LogP contribution in [0.4, 0.5) is 0 Å². The van der Waals surface area contributed by atoms with Crippen LogP contribution in [0.1, 0.15) is 31.9 Å². The quantitative estimate of drug-likeness (QED) is 0.757. The highest BCUT2D eigenvalue weighted by Gasteiger charge is 2.02. The van der Waals surface area contributed by atoms with Gasteiger partial charge in [0.1, 0.15) is 0 Å². The van der Waals surface area contributed by atoms with Gasteiger partial charge in [-0.15, -0.1) is 0 Å². The zero-order valence-corrected chi connectivity index (χ0v) is 11.6. The summed E-state index contributed by atoms with van der Waals surface area (Å²) in [7, 11) is 0. The molecule has 0 aliphatic carbocycles. The summed E-state index contributed by atoms with van der Waals surface area (Å²) < 4.78 is 0. The lowest BCUT2D eigenvalue weighted by molar-refractivity contribution is 0.476. The SMILES string of the molecule is Cc1ccccc1CCNC(C)CNC(C)C. The van der Waals surface area contributed by atoms with Gasteiger partial charge in [-0.25, -0.2) is 0 Å². The van der Waals surface area contributed by atoms with E-state index in [1.807, 2.05) is 0 Å². The Hall–Kier alpha value is -0.860. The molecule has 0 amide bonds. The highest BCUT2D eigenvalue weighted by atomic mass is 15.0. The van der Waals surface area contributed by atoms with Crippen molar-refractivity contribution in [1.29, 1.82) is 0 Å². The molecule has 0 spiro atoms. The van der Waals surface area contributed by atoms with Crippen molar-refractivity contribution in [2.75, 3.05) is 13.1 Å². The summed E-state index contributed by atoms with van der Waals surface area (Å²) in [4.78, 5) is 0. The molecule has 0 bridgehead atoms. The molecule has 0 heterocycles. The predicted molar refractivity (Wildman–Crippen MR) is 75.5 cm³/mol. The molecule has 0 fully saturated rings. The first-order chi connectivity index (χ1) is 8.09. The van der Waals surface area contributed by atoms with Crippen molar-refractivity contribution < 1.29 is 0 Å². The normalized spacial score (nSPS) is 13.0. The zero-order valence-electron chi connectivity index (χ0n) is 11.6. The average molecular weight is 234 g/mol. The highest BCUT2D eigenvalue weighted by molar-refractivity contribution is 5.25. The van der Waals surface area contributed by atoms with E-state index in [0.29, 0.717) is 12.1 Å². The molecule has 0 radical (unpaired) electrons. The van der Waals surface area contributed by atoms with Gasteiger partial charge in [-0.05, 0) is 37.9 Å². The fraction of sp³-hybridized carbons (Fsp3) is 0.600. The summed E-state index contributed by atoms with van der Waals surface area (Å²) >= 11 is 0. The van der Waals surface area contributed by atoms with E-state index in [2.05, 4.69) is 62.6 Å².